The van der Waals surface area contributed by atoms with Gasteiger partial charge in [-0.05, 0) is 37.5 Å². The lowest BCUT2D eigenvalue weighted by atomic mass is 9.80. The predicted octanol–water partition coefficient (Wildman–Crippen LogP) is 2.57. The van der Waals surface area contributed by atoms with Gasteiger partial charge in [-0.15, -0.1) is 0 Å². The zero-order valence-electron chi connectivity index (χ0n) is 9.83. The number of rotatable bonds is 4. The molecule has 2 N–H and O–H groups in total. The Morgan fingerprint density at radius 1 is 1.29 bits per heavy atom. The first kappa shape index (κ1) is 12.0. The molecule has 0 aliphatic heterocycles. The summed E-state index contributed by atoms with van der Waals surface area (Å²) in [5, 5.41) is 0. The maximum Gasteiger partial charge on any atom is 0.0621 e. The van der Waals surface area contributed by atoms with E-state index in [4.69, 9.17) is 10.5 Å². The van der Waals surface area contributed by atoms with Gasteiger partial charge in [-0.1, -0.05) is 20.8 Å². The molecule has 4 atom stereocenters. The molecule has 0 spiro atoms. The smallest absolute Gasteiger partial charge is 0.0621 e. The van der Waals surface area contributed by atoms with Crippen LogP contribution < -0.4 is 5.73 Å². The van der Waals surface area contributed by atoms with Crippen molar-refractivity contribution in [3.05, 3.63) is 0 Å². The van der Waals surface area contributed by atoms with Crippen LogP contribution in [0.15, 0.2) is 0 Å². The van der Waals surface area contributed by atoms with Crippen molar-refractivity contribution < 1.29 is 4.74 Å². The van der Waals surface area contributed by atoms with Crippen molar-refractivity contribution in [1.82, 2.24) is 0 Å². The summed E-state index contributed by atoms with van der Waals surface area (Å²) in [6, 6.07) is 0.227. The molecule has 2 nitrogen and oxygen atoms in total. The Morgan fingerprint density at radius 2 is 2.00 bits per heavy atom. The maximum absolute atomic E-state index is 5.83. The Bertz CT molecular complexity index is 160. The molecule has 1 fully saturated rings. The second-order valence-corrected chi connectivity index (χ2v) is 4.89. The molecule has 0 aromatic carbocycles. The van der Waals surface area contributed by atoms with E-state index in [1.807, 2.05) is 0 Å². The van der Waals surface area contributed by atoms with E-state index in [-0.39, 0.29) is 6.04 Å². The SMILES string of the molecule is CCC(N)COC1CCC(C)C(C)C1. The Labute approximate surface area is 88.2 Å². The lowest BCUT2D eigenvalue weighted by molar-refractivity contribution is -0.00367. The van der Waals surface area contributed by atoms with Gasteiger partial charge in [-0.25, -0.2) is 0 Å². The Hall–Kier alpha value is -0.0800. The van der Waals surface area contributed by atoms with Crippen LogP contribution in [0.5, 0.6) is 0 Å². The highest BCUT2D eigenvalue weighted by molar-refractivity contribution is 4.76. The van der Waals surface area contributed by atoms with E-state index in [2.05, 4.69) is 20.8 Å². The number of ether oxygens (including phenoxy) is 1. The van der Waals surface area contributed by atoms with Crippen LogP contribution in [0.1, 0.15) is 46.5 Å². The highest BCUT2D eigenvalue weighted by Gasteiger charge is 2.25. The van der Waals surface area contributed by atoms with Crippen molar-refractivity contribution in [2.45, 2.75) is 58.6 Å². The molecule has 0 bridgehead atoms. The van der Waals surface area contributed by atoms with Gasteiger partial charge in [0.05, 0.1) is 12.7 Å². The fraction of sp³-hybridized carbons (Fsp3) is 1.00. The second kappa shape index (κ2) is 5.72. The molecular formula is C12H25NO. The zero-order valence-corrected chi connectivity index (χ0v) is 9.83. The van der Waals surface area contributed by atoms with Crippen LogP contribution in [-0.2, 0) is 4.74 Å². The van der Waals surface area contributed by atoms with Crippen LogP contribution in [0.2, 0.25) is 0 Å². The van der Waals surface area contributed by atoms with Crippen LogP contribution in [0.4, 0.5) is 0 Å². The van der Waals surface area contributed by atoms with Gasteiger partial charge in [0.1, 0.15) is 0 Å². The quantitative estimate of drug-likeness (QED) is 0.755. The van der Waals surface area contributed by atoms with Gasteiger partial charge in [0.25, 0.3) is 0 Å². The summed E-state index contributed by atoms with van der Waals surface area (Å²) in [5.41, 5.74) is 5.83. The van der Waals surface area contributed by atoms with Gasteiger partial charge < -0.3 is 10.5 Å². The van der Waals surface area contributed by atoms with Crippen molar-refractivity contribution in [2.75, 3.05) is 6.61 Å². The van der Waals surface area contributed by atoms with Crippen molar-refractivity contribution >= 4 is 0 Å². The molecular weight excluding hydrogens is 174 g/mol. The molecule has 1 aliphatic rings. The predicted molar refractivity (Wildman–Crippen MR) is 60.2 cm³/mol. The lowest BCUT2D eigenvalue weighted by Crippen LogP contribution is -2.32. The highest BCUT2D eigenvalue weighted by atomic mass is 16.5. The lowest BCUT2D eigenvalue weighted by Gasteiger charge is -2.32. The fourth-order valence-electron chi connectivity index (χ4n) is 2.03. The van der Waals surface area contributed by atoms with Crippen molar-refractivity contribution in [2.24, 2.45) is 17.6 Å². The molecule has 0 radical (unpaired) electrons. The van der Waals surface area contributed by atoms with Crippen molar-refractivity contribution in [1.29, 1.82) is 0 Å². The van der Waals surface area contributed by atoms with Crippen LogP contribution in [0.3, 0.4) is 0 Å². The largest absolute Gasteiger partial charge is 0.377 e. The molecule has 1 saturated carbocycles. The van der Waals surface area contributed by atoms with Gasteiger partial charge >= 0.3 is 0 Å². The first-order valence-electron chi connectivity index (χ1n) is 6.00. The highest BCUT2D eigenvalue weighted by Crippen LogP contribution is 2.30. The van der Waals surface area contributed by atoms with E-state index in [0.717, 1.165) is 24.9 Å². The van der Waals surface area contributed by atoms with Crippen LogP contribution in [0.25, 0.3) is 0 Å². The summed E-state index contributed by atoms with van der Waals surface area (Å²) >= 11 is 0. The normalized spacial score (nSPS) is 35.6. The first-order valence-corrected chi connectivity index (χ1v) is 6.00. The van der Waals surface area contributed by atoms with Gasteiger partial charge in [0.2, 0.25) is 0 Å². The first-order chi connectivity index (χ1) is 6.63. The molecule has 0 saturated heterocycles. The fourth-order valence-corrected chi connectivity index (χ4v) is 2.03. The Morgan fingerprint density at radius 3 is 2.57 bits per heavy atom. The summed E-state index contributed by atoms with van der Waals surface area (Å²) in [7, 11) is 0. The number of nitrogens with two attached hydrogens (primary N) is 1. The Balaban J connectivity index is 2.20. The monoisotopic (exact) mass is 199 g/mol. The summed E-state index contributed by atoms with van der Waals surface area (Å²) in [4.78, 5) is 0. The molecule has 0 aromatic rings. The van der Waals surface area contributed by atoms with E-state index < -0.39 is 0 Å². The van der Waals surface area contributed by atoms with E-state index in [9.17, 15) is 0 Å². The average molecular weight is 199 g/mol. The molecule has 0 aromatic heterocycles. The molecule has 1 aliphatic carbocycles. The zero-order chi connectivity index (χ0) is 10.6. The van der Waals surface area contributed by atoms with Crippen LogP contribution >= 0.6 is 0 Å². The topological polar surface area (TPSA) is 35.2 Å². The summed E-state index contributed by atoms with van der Waals surface area (Å²) in [6.07, 6.45) is 5.24. The minimum atomic E-state index is 0.227. The maximum atomic E-state index is 5.83. The van der Waals surface area contributed by atoms with Crippen LogP contribution in [-0.4, -0.2) is 18.8 Å². The minimum Gasteiger partial charge on any atom is -0.377 e. The van der Waals surface area contributed by atoms with Crippen molar-refractivity contribution in [3.8, 4) is 0 Å². The number of hydrogen-bond acceptors (Lipinski definition) is 2. The van der Waals surface area contributed by atoms with Gasteiger partial charge in [-0.2, -0.15) is 0 Å². The Kier molecular flexibility index (Phi) is 4.90. The van der Waals surface area contributed by atoms with Crippen LogP contribution in [0, 0.1) is 11.8 Å². The minimum absolute atomic E-state index is 0.227. The molecule has 84 valence electrons. The molecule has 0 heterocycles. The summed E-state index contributed by atoms with van der Waals surface area (Å²) in [6.45, 7) is 7.53. The summed E-state index contributed by atoms with van der Waals surface area (Å²) < 4.78 is 5.83. The molecule has 14 heavy (non-hydrogen) atoms. The third kappa shape index (κ3) is 3.58. The molecule has 4 unspecified atom stereocenters. The third-order valence-corrected chi connectivity index (χ3v) is 3.62. The van der Waals surface area contributed by atoms with E-state index in [1.54, 1.807) is 0 Å². The second-order valence-electron chi connectivity index (χ2n) is 4.89. The van der Waals surface area contributed by atoms with E-state index in [1.165, 1.54) is 19.3 Å². The third-order valence-electron chi connectivity index (χ3n) is 3.62. The van der Waals surface area contributed by atoms with Gasteiger partial charge in [-0.3, -0.25) is 0 Å². The molecule has 1 rings (SSSR count). The van der Waals surface area contributed by atoms with Crippen molar-refractivity contribution in [3.63, 3.8) is 0 Å². The molecule has 2 heteroatoms. The van der Waals surface area contributed by atoms with Gasteiger partial charge in [0, 0.05) is 6.04 Å². The standard InChI is InChI=1S/C12H25NO/c1-4-11(13)8-14-12-6-5-9(2)10(3)7-12/h9-12H,4-8,13H2,1-3H3. The number of hydrogen-bond donors (Lipinski definition) is 1. The van der Waals surface area contributed by atoms with Gasteiger partial charge in [0.15, 0.2) is 0 Å². The molecule has 0 amide bonds. The average Bonchev–Trinajstić information content (AvgIpc) is 2.19. The van der Waals surface area contributed by atoms with E-state index >= 15 is 0 Å². The summed E-state index contributed by atoms with van der Waals surface area (Å²) in [5.74, 6) is 1.68. The van der Waals surface area contributed by atoms with E-state index in [0.29, 0.717) is 6.10 Å².